The van der Waals surface area contributed by atoms with E-state index in [-0.39, 0.29) is 29.9 Å². The lowest BCUT2D eigenvalue weighted by molar-refractivity contribution is -0.124. The molecule has 0 saturated heterocycles. The maximum Gasteiger partial charge on any atom is 0.339 e. The summed E-state index contributed by atoms with van der Waals surface area (Å²) in [7, 11) is 1.46. The molecule has 1 amide bonds. The van der Waals surface area contributed by atoms with E-state index in [0.29, 0.717) is 11.7 Å². The highest BCUT2D eigenvalue weighted by atomic mass is 16.5. The van der Waals surface area contributed by atoms with Crippen LogP contribution in [-0.4, -0.2) is 36.7 Å². The van der Waals surface area contributed by atoms with Crippen LogP contribution in [0.15, 0.2) is 18.2 Å². The van der Waals surface area contributed by atoms with Crippen molar-refractivity contribution in [2.45, 2.75) is 38.6 Å². The number of benzene rings is 1. The predicted molar refractivity (Wildman–Crippen MR) is 85.0 cm³/mol. The normalized spacial score (nSPS) is 20.6. The van der Waals surface area contributed by atoms with Crippen LogP contribution in [0.25, 0.3) is 0 Å². The number of ether oxygens (including phenoxy) is 2. The third kappa shape index (κ3) is 4.61. The van der Waals surface area contributed by atoms with Crippen molar-refractivity contribution >= 4 is 11.9 Å². The van der Waals surface area contributed by atoms with Gasteiger partial charge in [0.15, 0.2) is 6.61 Å². The maximum absolute atomic E-state index is 12.0. The largest absolute Gasteiger partial charge is 0.497 e. The van der Waals surface area contributed by atoms with Crippen LogP contribution in [0.2, 0.25) is 0 Å². The molecule has 2 atom stereocenters. The number of hydrogen-bond donors (Lipinski definition) is 2. The van der Waals surface area contributed by atoms with E-state index in [1.165, 1.54) is 25.7 Å². The summed E-state index contributed by atoms with van der Waals surface area (Å²) in [5, 5.41) is 12.2. The van der Waals surface area contributed by atoms with Crippen molar-refractivity contribution in [3.8, 4) is 11.5 Å². The minimum absolute atomic E-state index is 0.0248. The molecular weight excluding hydrogens is 298 g/mol. The van der Waals surface area contributed by atoms with Crippen LogP contribution in [0.5, 0.6) is 11.5 Å². The molecule has 23 heavy (non-hydrogen) atoms. The third-order valence-corrected chi connectivity index (χ3v) is 4.23. The zero-order chi connectivity index (χ0) is 16.8. The van der Waals surface area contributed by atoms with Crippen LogP contribution >= 0.6 is 0 Å². The lowest BCUT2D eigenvalue weighted by atomic mass is 9.86. The summed E-state index contributed by atoms with van der Waals surface area (Å²) >= 11 is 0. The fourth-order valence-corrected chi connectivity index (χ4v) is 2.85. The van der Waals surface area contributed by atoms with Gasteiger partial charge in [-0.3, -0.25) is 4.79 Å². The minimum atomic E-state index is -1.12. The van der Waals surface area contributed by atoms with Crippen LogP contribution in [0.3, 0.4) is 0 Å². The number of carbonyl (C=O) groups excluding carboxylic acids is 1. The van der Waals surface area contributed by atoms with E-state index in [9.17, 15) is 14.7 Å². The molecule has 1 aromatic carbocycles. The lowest BCUT2D eigenvalue weighted by Gasteiger charge is -2.29. The minimum Gasteiger partial charge on any atom is -0.497 e. The summed E-state index contributed by atoms with van der Waals surface area (Å²) in [5.41, 5.74) is -0.0248. The fraction of sp³-hybridized carbons (Fsp3) is 0.529. The van der Waals surface area contributed by atoms with E-state index < -0.39 is 5.97 Å². The molecule has 2 unspecified atom stereocenters. The summed E-state index contributed by atoms with van der Waals surface area (Å²) < 4.78 is 10.4. The predicted octanol–water partition coefficient (Wildman–Crippen LogP) is 2.47. The first-order chi connectivity index (χ1) is 11.0. The van der Waals surface area contributed by atoms with E-state index in [2.05, 4.69) is 12.2 Å². The average molecular weight is 321 g/mol. The van der Waals surface area contributed by atoms with Crippen LogP contribution in [0, 0.1) is 5.92 Å². The number of methoxy groups -OCH3 is 1. The number of carboxylic acids is 1. The first kappa shape index (κ1) is 17.1. The number of aromatic carboxylic acids is 1. The van der Waals surface area contributed by atoms with Gasteiger partial charge in [-0.15, -0.1) is 0 Å². The quantitative estimate of drug-likeness (QED) is 0.841. The Labute approximate surface area is 135 Å². The van der Waals surface area contributed by atoms with Crippen molar-refractivity contribution in [3.63, 3.8) is 0 Å². The number of amides is 1. The molecule has 1 fully saturated rings. The summed E-state index contributed by atoms with van der Waals surface area (Å²) in [6.07, 6.45) is 4.43. The monoisotopic (exact) mass is 321 g/mol. The third-order valence-electron chi connectivity index (χ3n) is 4.23. The average Bonchev–Trinajstić information content (AvgIpc) is 2.54. The van der Waals surface area contributed by atoms with Gasteiger partial charge in [-0.1, -0.05) is 19.8 Å². The Morgan fingerprint density at radius 2 is 2.04 bits per heavy atom. The first-order valence-electron chi connectivity index (χ1n) is 7.84. The number of rotatable bonds is 6. The van der Waals surface area contributed by atoms with Gasteiger partial charge in [-0.25, -0.2) is 4.79 Å². The number of carboxylic acid groups (broad SMARTS) is 1. The van der Waals surface area contributed by atoms with Gasteiger partial charge < -0.3 is 19.9 Å². The molecule has 6 nitrogen and oxygen atoms in total. The molecule has 1 aromatic rings. The van der Waals surface area contributed by atoms with Gasteiger partial charge in [-0.2, -0.15) is 0 Å². The number of nitrogens with one attached hydrogen (secondary N) is 1. The molecule has 6 heteroatoms. The van der Waals surface area contributed by atoms with Gasteiger partial charge in [0.2, 0.25) is 0 Å². The van der Waals surface area contributed by atoms with Crippen LogP contribution in [0.4, 0.5) is 0 Å². The molecule has 0 bridgehead atoms. The Balaban J connectivity index is 1.94. The van der Waals surface area contributed by atoms with E-state index in [1.54, 1.807) is 6.07 Å². The molecule has 126 valence electrons. The zero-order valence-electron chi connectivity index (χ0n) is 13.5. The molecule has 1 aliphatic carbocycles. The highest BCUT2D eigenvalue weighted by Crippen LogP contribution is 2.25. The second-order valence-electron chi connectivity index (χ2n) is 5.89. The van der Waals surface area contributed by atoms with Gasteiger partial charge in [0.1, 0.15) is 17.1 Å². The molecule has 0 aliphatic heterocycles. The Hall–Kier alpha value is -2.24. The van der Waals surface area contributed by atoms with Crippen molar-refractivity contribution in [2.75, 3.05) is 13.7 Å². The number of carbonyl (C=O) groups is 2. The Kier molecular flexibility index (Phi) is 5.84. The van der Waals surface area contributed by atoms with E-state index in [4.69, 9.17) is 9.47 Å². The van der Waals surface area contributed by atoms with E-state index >= 15 is 0 Å². The molecule has 1 aliphatic rings. The summed E-state index contributed by atoms with van der Waals surface area (Å²) in [5.74, 6) is -0.306. The SMILES string of the molecule is COc1ccc(OCC(=O)NC2CCCCC2C)c(C(=O)O)c1. The summed E-state index contributed by atoms with van der Waals surface area (Å²) in [4.78, 5) is 23.3. The first-order valence-corrected chi connectivity index (χ1v) is 7.84. The maximum atomic E-state index is 12.0. The lowest BCUT2D eigenvalue weighted by Crippen LogP contribution is -2.43. The van der Waals surface area contributed by atoms with E-state index in [1.807, 2.05) is 0 Å². The van der Waals surface area contributed by atoms with Crippen molar-refractivity contribution in [3.05, 3.63) is 23.8 Å². The Morgan fingerprint density at radius 3 is 2.70 bits per heavy atom. The molecule has 0 radical (unpaired) electrons. The number of hydrogen-bond acceptors (Lipinski definition) is 4. The highest BCUT2D eigenvalue weighted by Gasteiger charge is 2.23. The standard InChI is InChI=1S/C17H23NO5/c1-11-5-3-4-6-14(11)18-16(19)10-23-15-8-7-12(22-2)9-13(15)17(20)21/h7-9,11,14H,3-6,10H2,1-2H3,(H,18,19)(H,20,21). The van der Waals surface area contributed by atoms with Gasteiger partial charge in [0.25, 0.3) is 5.91 Å². The van der Waals surface area contributed by atoms with Gasteiger partial charge in [-0.05, 0) is 37.0 Å². The molecule has 2 rings (SSSR count). The van der Waals surface area contributed by atoms with Crippen molar-refractivity contribution in [1.29, 1.82) is 0 Å². The fourth-order valence-electron chi connectivity index (χ4n) is 2.85. The van der Waals surface area contributed by atoms with Crippen LogP contribution in [-0.2, 0) is 4.79 Å². The molecular formula is C17H23NO5. The molecule has 1 saturated carbocycles. The van der Waals surface area contributed by atoms with Crippen molar-refractivity contribution < 1.29 is 24.2 Å². The van der Waals surface area contributed by atoms with Crippen molar-refractivity contribution in [1.82, 2.24) is 5.32 Å². The molecule has 2 N–H and O–H groups in total. The Bertz CT molecular complexity index is 572. The molecule has 0 aromatic heterocycles. The second kappa shape index (κ2) is 7.85. The van der Waals surface area contributed by atoms with Crippen LogP contribution < -0.4 is 14.8 Å². The second-order valence-corrected chi connectivity index (χ2v) is 5.89. The topological polar surface area (TPSA) is 84.9 Å². The summed E-state index contributed by atoms with van der Waals surface area (Å²) in [6, 6.07) is 4.65. The Morgan fingerprint density at radius 1 is 1.30 bits per heavy atom. The summed E-state index contributed by atoms with van der Waals surface area (Å²) in [6.45, 7) is 1.94. The smallest absolute Gasteiger partial charge is 0.339 e. The van der Waals surface area contributed by atoms with Crippen molar-refractivity contribution in [2.24, 2.45) is 5.92 Å². The van der Waals surface area contributed by atoms with Gasteiger partial charge in [0, 0.05) is 6.04 Å². The van der Waals surface area contributed by atoms with Gasteiger partial charge in [0.05, 0.1) is 7.11 Å². The molecule has 0 spiro atoms. The van der Waals surface area contributed by atoms with Crippen LogP contribution in [0.1, 0.15) is 43.0 Å². The highest BCUT2D eigenvalue weighted by molar-refractivity contribution is 5.91. The van der Waals surface area contributed by atoms with E-state index in [0.717, 1.165) is 19.3 Å². The zero-order valence-corrected chi connectivity index (χ0v) is 13.5. The molecule has 0 heterocycles. The van der Waals surface area contributed by atoms with Gasteiger partial charge >= 0.3 is 5.97 Å².